The average molecular weight is 253 g/mol. The molecule has 0 aliphatic heterocycles. The number of pyridine rings is 1. The molecule has 0 fully saturated rings. The van der Waals surface area contributed by atoms with Crippen molar-refractivity contribution in [3.8, 4) is 16.9 Å². The molecule has 0 bridgehead atoms. The van der Waals surface area contributed by atoms with Crippen LogP contribution in [0, 0.1) is 12.7 Å². The van der Waals surface area contributed by atoms with Crippen LogP contribution in [0.2, 0.25) is 0 Å². The maximum Gasteiger partial charge on any atom is 0.123 e. The first-order valence-corrected chi connectivity index (χ1v) is 5.96. The minimum absolute atomic E-state index is 0.242. The molecular formula is C15H12FN3. The summed E-state index contributed by atoms with van der Waals surface area (Å²) in [7, 11) is 0. The lowest BCUT2D eigenvalue weighted by atomic mass is 10.1. The van der Waals surface area contributed by atoms with Gasteiger partial charge in [-0.05, 0) is 48.9 Å². The lowest BCUT2D eigenvalue weighted by molar-refractivity contribution is 0.628. The first kappa shape index (κ1) is 11.6. The van der Waals surface area contributed by atoms with Crippen LogP contribution in [0.25, 0.3) is 16.9 Å². The van der Waals surface area contributed by atoms with Crippen LogP contribution >= 0.6 is 0 Å². The van der Waals surface area contributed by atoms with Gasteiger partial charge in [0.25, 0.3) is 0 Å². The van der Waals surface area contributed by atoms with Gasteiger partial charge in [0.15, 0.2) is 0 Å². The van der Waals surface area contributed by atoms with Gasteiger partial charge in [0.1, 0.15) is 5.82 Å². The fourth-order valence-corrected chi connectivity index (χ4v) is 1.96. The Labute approximate surface area is 110 Å². The highest BCUT2D eigenvalue weighted by atomic mass is 19.1. The van der Waals surface area contributed by atoms with E-state index in [1.54, 1.807) is 29.2 Å². The Morgan fingerprint density at radius 3 is 2.58 bits per heavy atom. The monoisotopic (exact) mass is 253 g/mol. The van der Waals surface area contributed by atoms with Crippen molar-refractivity contribution in [2.24, 2.45) is 0 Å². The summed E-state index contributed by atoms with van der Waals surface area (Å²) in [6.07, 6.45) is 5.43. The van der Waals surface area contributed by atoms with E-state index in [2.05, 4.69) is 10.1 Å². The molecule has 0 radical (unpaired) electrons. The molecule has 94 valence electrons. The van der Waals surface area contributed by atoms with Gasteiger partial charge >= 0.3 is 0 Å². The number of aryl methyl sites for hydroxylation is 1. The van der Waals surface area contributed by atoms with Crippen molar-refractivity contribution in [2.45, 2.75) is 6.92 Å². The summed E-state index contributed by atoms with van der Waals surface area (Å²) in [5.41, 5.74) is 3.75. The molecule has 0 atom stereocenters. The van der Waals surface area contributed by atoms with Crippen molar-refractivity contribution in [1.29, 1.82) is 0 Å². The van der Waals surface area contributed by atoms with Gasteiger partial charge in [-0.2, -0.15) is 5.10 Å². The highest BCUT2D eigenvalue weighted by Crippen LogP contribution is 2.19. The fraction of sp³-hybridized carbons (Fsp3) is 0.0667. The molecule has 0 spiro atoms. The fourth-order valence-electron chi connectivity index (χ4n) is 1.96. The van der Waals surface area contributed by atoms with Gasteiger partial charge < -0.3 is 0 Å². The van der Waals surface area contributed by atoms with E-state index in [0.717, 1.165) is 22.5 Å². The molecule has 0 saturated heterocycles. The van der Waals surface area contributed by atoms with E-state index in [1.807, 2.05) is 25.3 Å². The van der Waals surface area contributed by atoms with Crippen molar-refractivity contribution in [1.82, 2.24) is 14.8 Å². The maximum absolute atomic E-state index is 12.9. The van der Waals surface area contributed by atoms with Crippen LogP contribution in [0.15, 0.2) is 55.0 Å². The Morgan fingerprint density at radius 2 is 1.84 bits per heavy atom. The van der Waals surface area contributed by atoms with Crippen LogP contribution in [0.3, 0.4) is 0 Å². The number of aromatic nitrogens is 3. The molecule has 1 aromatic carbocycles. The third kappa shape index (κ3) is 2.25. The zero-order valence-electron chi connectivity index (χ0n) is 10.4. The molecule has 2 aromatic heterocycles. The molecule has 0 aliphatic carbocycles. The smallest absolute Gasteiger partial charge is 0.123 e. The molecule has 0 unspecified atom stereocenters. The molecule has 0 saturated carbocycles. The van der Waals surface area contributed by atoms with Crippen LogP contribution in [0.5, 0.6) is 0 Å². The lowest BCUT2D eigenvalue weighted by Crippen LogP contribution is -1.98. The molecule has 0 N–H and O–H groups in total. The van der Waals surface area contributed by atoms with Crippen LogP contribution in [-0.4, -0.2) is 14.8 Å². The molecular weight excluding hydrogens is 241 g/mol. The number of hydrogen-bond donors (Lipinski definition) is 0. The number of benzene rings is 1. The Morgan fingerprint density at radius 1 is 1.05 bits per heavy atom. The van der Waals surface area contributed by atoms with E-state index in [-0.39, 0.29) is 5.82 Å². The summed E-state index contributed by atoms with van der Waals surface area (Å²) in [5, 5.41) is 4.51. The van der Waals surface area contributed by atoms with Crippen molar-refractivity contribution in [3.05, 3.63) is 66.4 Å². The highest BCUT2D eigenvalue weighted by Gasteiger charge is 2.05. The minimum Gasteiger partial charge on any atom is -0.264 e. The molecule has 0 amide bonds. The molecule has 19 heavy (non-hydrogen) atoms. The largest absolute Gasteiger partial charge is 0.264 e. The van der Waals surface area contributed by atoms with Gasteiger partial charge in [0.05, 0.1) is 11.4 Å². The Hall–Kier alpha value is -2.49. The summed E-state index contributed by atoms with van der Waals surface area (Å²) < 4.78 is 14.7. The maximum atomic E-state index is 12.9. The van der Waals surface area contributed by atoms with Gasteiger partial charge in [-0.25, -0.2) is 9.07 Å². The van der Waals surface area contributed by atoms with Crippen molar-refractivity contribution in [2.75, 3.05) is 0 Å². The number of nitrogens with zero attached hydrogens (tertiary/aromatic N) is 3. The predicted molar refractivity (Wildman–Crippen MR) is 71.5 cm³/mol. The lowest BCUT2D eigenvalue weighted by Gasteiger charge is -2.04. The highest BCUT2D eigenvalue weighted by molar-refractivity contribution is 5.58. The second kappa shape index (κ2) is 4.65. The van der Waals surface area contributed by atoms with Crippen molar-refractivity contribution >= 4 is 0 Å². The number of hydrogen-bond acceptors (Lipinski definition) is 2. The van der Waals surface area contributed by atoms with E-state index in [4.69, 9.17) is 0 Å². The third-order valence-corrected chi connectivity index (χ3v) is 2.97. The van der Waals surface area contributed by atoms with Crippen LogP contribution in [-0.2, 0) is 0 Å². The van der Waals surface area contributed by atoms with Crippen LogP contribution in [0.1, 0.15) is 5.56 Å². The SMILES string of the molecule is Cc1cnccc1-n1ccc(-c2ccc(F)cc2)n1. The van der Waals surface area contributed by atoms with E-state index < -0.39 is 0 Å². The quantitative estimate of drug-likeness (QED) is 0.701. The topological polar surface area (TPSA) is 30.7 Å². The third-order valence-electron chi connectivity index (χ3n) is 2.97. The van der Waals surface area contributed by atoms with E-state index in [0.29, 0.717) is 0 Å². The Bertz CT molecular complexity index is 701. The van der Waals surface area contributed by atoms with E-state index in [9.17, 15) is 4.39 Å². The van der Waals surface area contributed by atoms with Gasteiger partial charge in [0, 0.05) is 24.2 Å². The summed E-state index contributed by atoms with van der Waals surface area (Å²) in [4.78, 5) is 4.06. The summed E-state index contributed by atoms with van der Waals surface area (Å²) >= 11 is 0. The van der Waals surface area contributed by atoms with Gasteiger partial charge in [-0.1, -0.05) is 0 Å². The van der Waals surface area contributed by atoms with Crippen LogP contribution < -0.4 is 0 Å². The normalized spacial score (nSPS) is 10.6. The first-order valence-electron chi connectivity index (χ1n) is 5.96. The summed E-state index contributed by atoms with van der Waals surface area (Å²) in [6.45, 7) is 1.99. The first-order chi connectivity index (χ1) is 9.24. The zero-order valence-corrected chi connectivity index (χ0v) is 10.4. The zero-order chi connectivity index (χ0) is 13.2. The van der Waals surface area contributed by atoms with E-state index >= 15 is 0 Å². The van der Waals surface area contributed by atoms with Crippen molar-refractivity contribution < 1.29 is 4.39 Å². The van der Waals surface area contributed by atoms with Gasteiger partial charge in [0.2, 0.25) is 0 Å². The Kier molecular flexibility index (Phi) is 2.83. The van der Waals surface area contributed by atoms with E-state index in [1.165, 1.54) is 12.1 Å². The van der Waals surface area contributed by atoms with Gasteiger partial charge in [-0.15, -0.1) is 0 Å². The standard InChI is InChI=1S/C15H12FN3/c1-11-10-17-8-6-15(11)19-9-7-14(18-19)12-2-4-13(16)5-3-12/h2-10H,1H3. The molecule has 3 rings (SSSR count). The molecule has 2 heterocycles. The second-order valence-electron chi connectivity index (χ2n) is 4.31. The average Bonchev–Trinajstić information content (AvgIpc) is 2.89. The molecule has 4 heteroatoms. The number of halogens is 1. The number of rotatable bonds is 2. The van der Waals surface area contributed by atoms with Gasteiger partial charge in [-0.3, -0.25) is 4.98 Å². The second-order valence-corrected chi connectivity index (χ2v) is 4.31. The van der Waals surface area contributed by atoms with Crippen LogP contribution in [0.4, 0.5) is 4.39 Å². The Balaban J connectivity index is 2.00. The predicted octanol–water partition coefficient (Wildman–Crippen LogP) is 3.38. The minimum atomic E-state index is -0.242. The molecule has 0 aliphatic rings. The molecule has 3 nitrogen and oxygen atoms in total. The summed E-state index contributed by atoms with van der Waals surface area (Å²) in [6, 6.07) is 10.1. The van der Waals surface area contributed by atoms with Crippen molar-refractivity contribution in [3.63, 3.8) is 0 Å². The summed E-state index contributed by atoms with van der Waals surface area (Å²) in [5.74, 6) is -0.242. The molecule has 3 aromatic rings.